The molecule has 12 aromatic rings. The zero-order chi connectivity index (χ0) is 48.8. The Labute approximate surface area is 570 Å². The molecule has 0 spiro atoms. The van der Waals surface area contributed by atoms with Gasteiger partial charge in [0.1, 0.15) is 22.8 Å². The zero-order valence-corrected chi connectivity index (χ0v) is 55.1. The summed E-state index contributed by atoms with van der Waals surface area (Å²) in [4.78, 5) is 61.0. The third-order valence-corrected chi connectivity index (χ3v) is 10.2. The quantitative estimate of drug-likeness (QED) is 0.131. The Kier molecular flexibility index (Phi) is 40.9. The molecule has 0 fully saturated rings. The maximum absolute atomic E-state index is 4.59. The molecule has 0 aliphatic heterocycles. The number of rotatable bonds is 8. The summed E-state index contributed by atoms with van der Waals surface area (Å²) in [6.45, 7) is 0. The summed E-state index contributed by atoms with van der Waals surface area (Å²) in [6.07, 6.45) is 20.7. The summed E-state index contributed by atoms with van der Waals surface area (Å²) in [7, 11) is 0. The van der Waals surface area contributed by atoms with Gasteiger partial charge in [0.2, 0.25) is 0 Å². The molecule has 12 aromatic heterocycles. The van der Waals surface area contributed by atoms with Gasteiger partial charge < -0.3 is 101 Å². The Morgan fingerprint density at radius 3 is 0.488 bits per heavy atom. The van der Waals surface area contributed by atoms with Crippen LogP contribution in [0.2, 0.25) is 0 Å². The van der Waals surface area contributed by atoms with Crippen molar-refractivity contribution in [1.29, 1.82) is 0 Å². The Morgan fingerprint density at radius 2 is 0.329 bits per heavy atom. The molecule has 24 heteroatoms. The van der Waals surface area contributed by atoms with Gasteiger partial charge in [0.25, 0.3) is 0 Å². The van der Waals surface area contributed by atoms with Crippen molar-refractivity contribution in [2.24, 2.45) is 0 Å². The summed E-state index contributed by atoms with van der Waals surface area (Å²) in [6, 6.07) is 57.8. The van der Waals surface area contributed by atoms with Crippen LogP contribution in [-0.4, -0.2) is 69.8 Å². The zero-order valence-electron chi connectivity index (χ0n) is 42.2. The average Bonchev–Trinajstić information content (AvgIpc) is 3.56. The third-order valence-electron chi connectivity index (χ3n) is 10.2. The molecule has 0 aliphatic rings. The molecule has 0 unspecified atom stereocenters. The van der Waals surface area contributed by atoms with Gasteiger partial charge in [0.05, 0.1) is 68.3 Å². The topological polar surface area (TPSA) is 180 Å². The van der Waals surface area contributed by atoms with E-state index in [0.29, 0.717) is 0 Å². The molecule has 0 saturated heterocycles. The first-order valence-electron chi connectivity index (χ1n) is 22.6. The number of hydrogen-bond acceptors (Lipinski definition) is 14. The Morgan fingerprint density at radius 1 is 0.171 bits per heavy atom. The second-order valence-corrected chi connectivity index (χ2v) is 15.0. The third kappa shape index (κ3) is 22.7. The van der Waals surface area contributed by atoms with E-state index in [2.05, 4.69) is 69.8 Å². The fourth-order valence-corrected chi connectivity index (χ4v) is 6.93. The minimum atomic E-state index is 0. The summed E-state index contributed by atoms with van der Waals surface area (Å²) < 4.78 is 0. The molecule has 0 radical (unpaired) electrons. The SMILES string of the molecule is [Br-].[Br-].[Br-].[Cl-].[Cl-].[Cl-].[Cl-].[Rh+3].[Ru+2].[Ru+2].c1ccc(-c2cccc(-c3ccccn3)n2)nc1.c1ccc(-c2cccc(-c3ccccn3)n2)nc1.c1ccc(-c2nccnc2-c2ccccn2)nc1.c1ccc(-c2nccnc2-c2ccccn2)nc1. The molecule has 0 atom stereocenters. The van der Waals surface area contributed by atoms with Crippen LogP contribution >= 0.6 is 0 Å². The van der Waals surface area contributed by atoms with E-state index in [1.165, 1.54) is 0 Å². The first-order chi connectivity index (χ1) is 35.8. The van der Waals surface area contributed by atoms with Crippen molar-refractivity contribution >= 4 is 0 Å². The number of hydrogen-bond donors (Lipinski definition) is 0. The number of nitrogens with zero attached hydrogens (tertiary/aromatic N) is 14. The number of halogens is 7. The molecule has 0 saturated carbocycles. The Balaban J connectivity index is 0. The van der Waals surface area contributed by atoms with Crippen LogP contribution in [0.3, 0.4) is 0 Å². The minimum absolute atomic E-state index is 0. The van der Waals surface area contributed by atoms with Crippen LogP contribution in [0.25, 0.3) is 91.1 Å². The van der Waals surface area contributed by atoms with Crippen molar-refractivity contribution in [3.63, 3.8) is 0 Å². The molecule has 82 heavy (non-hydrogen) atoms. The fraction of sp³-hybridized carbons (Fsp3) is 0. The van der Waals surface area contributed by atoms with Crippen molar-refractivity contribution in [2.45, 2.75) is 0 Å². The minimum Gasteiger partial charge on any atom is -1.00 e. The largest absolute Gasteiger partial charge is 3.00 e. The van der Waals surface area contributed by atoms with E-state index in [1.54, 1.807) is 74.4 Å². The summed E-state index contributed by atoms with van der Waals surface area (Å²) in [5.74, 6) is 0. The average molecular weight is 1620 g/mol. The van der Waals surface area contributed by atoms with Crippen LogP contribution in [0.4, 0.5) is 0 Å². The monoisotopic (exact) mass is 1620 g/mol. The summed E-state index contributed by atoms with van der Waals surface area (Å²) in [5.41, 5.74) is 13.1. The molecule has 0 aromatic carbocycles. The Hall–Kier alpha value is -5.87. The van der Waals surface area contributed by atoms with Crippen molar-refractivity contribution in [1.82, 2.24) is 69.8 Å². The van der Waals surface area contributed by atoms with Crippen LogP contribution in [0, 0.1) is 0 Å². The maximum atomic E-state index is 4.59. The fourth-order valence-electron chi connectivity index (χ4n) is 6.93. The molecule has 418 valence electrons. The van der Waals surface area contributed by atoms with E-state index in [1.807, 2.05) is 182 Å². The van der Waals surface area contributed by atoms with Gasteiger partial charge >= 0.3 is 58.4 Å². The second-order valence-electron chi connectivity index (χ2n) is 15.0. The van der Waals surface area contributed by atoms with Crippen LogP contribution in [0.1, 0.15) is 0 Å². The summed E-state index contributed by atoms with van der Waals surface area (Å²) >= 11 is 0. The van der Waals surface area contributed by atoms with Gasteiger partial charge in [-0.2, -0.15) is 0 Å². The van der Waals surface area contributed by atoms with Crippen molar-refractivity contribution < 1.29 is 159 Å². The maximum Gasteiger partial charge on any atom is 3.00 e. The van der Waals surface area contributed by atoms with Gasteiger partial charge in [-0.3, -0.25) is 59.8 Å². The van der Waals surface area contributed by atoms with E-state index in [0.717, 1.165) is 91.1 Å². The molecular formula is C58H42Br3Cl4N14RhRu2. The van der Waals surface area contributed by atoms with E-state index in [4.69, 9.17) is 0 Å². The molecule has 12 heterocycles. The number of pyridine rings is 10. The van der Waals surface area contributed by atoms with E-state index in [9.17, 15) is 0 Å². The summed E-state index contributed by atoms with van der Waals surface area (Å²) in [5, 5.41) is 0. The molecule has 0 amide bonds. The van der Waals surface area contributed by atoms with E-state index in [-0.39, 0.29) is 159 Å². The van der Waals surface area contributed by atoms with Crippen LogP contribution in [0.15, 0.2) is 256 Å². The normalized spacial score (nSPS) is 8.98. The van der Waals surface area contributed by atoms with Gasteiger partial charge in [0, 0.05) is 74.4 Å². The van der Waals surface area contributed by atoms with E-state index >= 15 is 0 Å². The van der Waals surface area contributed by atoms with Crippen molar-refractivity contribution in [2.75, 3.05) is 0 Å². The first kappa shape index (κ1) is 78.2. The number of aromatic nitrogens is 14. The van der Waals surface area contributed by atoms with Crippen LogP contribution in [-0.2, 0) is 58.4 Å². The smallest absolute Gasteiger partial charge is 1.00 e. The molecule has 12 rings (SSSR count). The van der Waals surface area contributed by atoms with Crippen LogP contribution < -0.4 is 101 Å². The first-order valence-corrected chi connectivity index (χ1v) is 22.6. The van der Waals surface area contributed by atoms with Gasteiger partial charge in [-0.05, 0) is 121 Å². The Bertz CT molecular complexity index is 3100. The van der Waals surface area contributed by atoms with Gasteiger partial charge in [-0.25, -0.2) is 9.97 Å². The van der Waals surface area contributed by atoms with E-state index < -0.39 is 0 Å². The molecule has 0 aliphatic carbocycles. The second kappa shape index (κ2) is 42.9. The van der Waals surface area contributed by atoms with Crippen molar-refractivity contribution in [3.05, 3.63) is 256 Å². The molecule has 14 nitrogen and oxygen atoms in total. The predicted molar refractivity (Wildman–Crippen MR) is 278 cm³/mol. The molecular weight excluding hydrogens is 1580 g/mol. The molecule has 0 N–H and O–H groups in total. The van der Waals surface area contributed by atoms with Gasteiger partial charge in [0.15, 0.2) is 0 Å². The van der Waals surface area contributed by atoms with Gasteiger partial charge in [-0.15, -0.1) is 0 Å². The van der Waals surface area contributed by atoms with Crippen LogP contribution in [0.5, 0.6) is 0 Å². The van der Waals surface area contributed by atoms with Crippen molar-refractivity contribution in [3.8, 4) is 91.1 Å². The van der Waals surface area contributed by atoms with Gasteiger partial charge in [-0.1, -0.05) is 60.7 Å². The standard InChI is InChI=1S/2C15H11N3.2C14H10N4.3BrH.4ClH.Rh.2Ru/c2*1-3-10-16-12(6-1)14-8-5-9-15(18-14)13-7-2-4-11-17-13;2*1-3-7-15-11(5-1)13-14(18-10-9-17-13)12-6-2-4-8-16-12;;;;;;;;;;/h2*1-11H;2*1-10H;7*1H;;;/q;;;;;;;;;;;+3;2*+2/p-7. The molecule has 0 bridgehead atoms. The predicted octanol–water partition coefficient (Wildman–Crippen LogP) is -9.37.